The van der Waals surface area contributed by atoms with Crippen LogP contribution in [0.1, 0.15) is 26.9 Å². The average molecular weight is 539 g/mol. The Bertz CT molecular complexity index is 956. The second kappa shape index (κ2) is 11.9. The molecule has 0 aliphatic rings. The lowest BCUT2D eigenvalue weighted by molar-refractivity contribution is 0.0600. The van der Waals surface area contributed by atoms with Crippen molar-refractivity contribution in [1.82, 2.24) is 10.6 Å². The number of nitrogens with one attached hydrogen (secondary N) is 2. The monoisotopic (exact) mass is 539 g/mol. The Morgan fingerprint density at radius 3 is 2.57 bits per heavy atom. The number of benzene rings is 2. The Kier molecular flexibility index (Phi) is 9.54. The molecule has 0 saturated carbocycles. The number of aliphatic hydroxyl groups is 1. The molecule has 160 valence electrons. The molecule has 30 heavy (non-hydrogen) atoms. The topological polar surface area (TPSA) is 83.0 Å². The van der Waals surface area contributed by atoms with Crippen molar-refractivity contribution >= 4 is 57.3 Å². The van der Waals surface area contributed by atoms with E-state index in [1.54, 1.807) is 30.5 Å². The SMILES string of the molecule is CN=C(NCCc1ccc(C(=O)OC)cc1)NCC(O)c1cc2ccccc2s1.I. The molecule has 0 spiro atoms. The zero-order valence-electron chi connectivity index (χ0n) is 16.9. The van der Waals surface area contributed by atoms with Gasteiger partial charge in [-0.2, -0.15) is 0 Å². The number of guanidine groups is 1. The number of hydrogen-bond donors (Lipinski definition) is 3. The Morgan fingerprint density at radius 1 is 1.17 bits per heavy atom. The van der Waals surface area contributed by atoms with E-state index < -0.39 is 6.10 Å². The molecule has 0 amide bonds. The molecule has 2 aromatic carbocycles. The van der Waals surface area contributed by atoms with Crippen LogP contribution in [0.5, 0.6) is 0 Å². The van der Waals surface area contributed by atoms with Crippen molar-refractivity contribution in [3.63, 3.8) is 0 Å². The molecule has 1 atom stereocenters. The summed E-state index contributed by atoms with van der Waals surface area (Å²) in [5.74, 6) is 0.299. The maximum Gasteiger partial charge on any atom is 0.337 e. The van der Waals surface area contributed by atoms with E-state index in [1.807, 2.05) is 36.4 Å². The molecule has 0 aliphatic carbocycles. The highest BCUT2D eigenvalue weighted by Crippen LogP contribution is 2.29. The number of ether oxygens (including phenoxy) is 1. The van der Waals surface area contributed by atoms with Crippen LogP contribution >= 0.6 is 35.3 Å². The van der Waals surface area contributed by atoms with E-state index in [0.717, 1.165) is 22.2 Å². The Hall–Kier alpha value is -2.17. The highest BCUT2D eigenvalue weighted by Gasteiger charge is 2.12. The van der Waals surface area contributed by atoms with Crippen LogP contribution in [0.2, 0.25) is 0 Å². The van der Waals surface area contributed by atoms with Gasteiger partial charge in [0.15, 0.2) is 5.96 Å². The van der Waals surface area contributed by atoms with Gasteiger partial charge >= 0.3 is 5.97 Å². The van der Waals surface area contributed by atoms with Crippen LogP contribution in [-0.2, 0) is 11.2 Å². The number of rotatable bonds is 7. The molecule has 0 saturated heterocycles. The first-order chi connectivity index (χ1) is 14.1. The molecule has 3 aromatic rings. The van der Waals surface area contributed by atoms with Gasteiger partial charge in [0, 0.05) is 29.7 Å². The lowest BCUT2D eigenvalue weighted by atomic mass is 10.1. The number of aliphatic imine (C=N–C) groups is 1. The number of halogens is 1. The Morgan fingerprint density at radius 2 is 1.90 bits per heavy atom. The van der Waals surface area contributed by atoms with Gasteiger partial charge in [0.25, 0.3) is 0 Å². The first-order valence-electron chi connectivity index (χ1n) is 9.39. The molecule has 3 rings (SSSR count). The first-order valence-corrected chi connectivity index (χ1v) is 10.2. The minimum absolute atomic E-state index is 0. The number of carbonyl (C=O) groups is 1. The molecular formula is C22H26IN3O3S. The summed E-state index contributed by atoms with van der Waals surface area (Å²) in [6.45, 7) is 1.05. The summed E-state index contributed by atoms with van der Waals surface area (Å²) < 4.78 is 5.87. The van der Waals surface area contributed by atoms with E-state index in [-0.39, 0.29) is 29.9 Å². The summed E-state index contributed by atoms with van der Waals surface area (Å²) >= 11 is 1.60. The molecule has 1 heterocycles. The minimum Gasteiger partial charge on any atom is -0.465 e. The zero-order valence-corrected chi connectivity index (χ0v) is 20.1. The molecule has 1 unspecified atom stereocenters. The summed E-state index contributed by atoms with van der Waals surface area (Å²) in [7, 11) is 3.07. The van der Waals surface area contributed by atoms with E-state index in [0.29, 0.717) is 24.6 Å². The summed E-state index contributed by atoms with van der Waals surface area (Å²) in [4.78, 5) is 16.6. The second-order valence-electron chi connectivity index (χ2n) is 6.52. The first kappa shape index (κ1) is 24.1. The van der Waals surface area contributed by atoms with Crippen LogP contribution in [0.15, 0.2) is 59.6 Å². The normalized spacial score (nSPS) is 12.2. The lowest BCUT2D eigenvalue weighted by Gasteiger charge is -2.14. The van der Waals surface area contributed by atoms with Gasteiger partial charge in [-0.3, -0.25) is 4.99 Å². The fourth-order valence-corrected chi connectivity index (χ4v) is 3.98. The third kappa shape index (κ3) is 6.41. The van der Waals surface area contributed by atoms with Gasteiger partial charge in [-0.15, -0.1) is 35.3 Å². The number of nitrogens with zero attached hydrogens (tertiary/aromatic N) is 1. The van der Waals surface area contributed by atoms with Crippen molar-refractivity contribution in [3.05, 3.63) is 70.6 Å². The molecule has 0 aliphatic heterocycles. The number of thiophene rings is 1. The molecule has 8 heteroatoms. The van der Waals surface area contributed by atoms with E-state index >= 15 is 0 Å². The second-order valence-corrected chi connectivity index (χ2v) is 7.64. The van der Waals surface area contributed by atoms with Gasteiger partial charge in [-0.05, 0) is 41.6 Å². The van der Waals surface area contributed by atoms with Crippen molar-refractivity contribution < 1.29 is 14.6 Å². The van der Waals surface area contributed by atoms with Gasteiger partial charge in [0.2, 0.25) is 0 Å². The molecule has 0 radical (unpaired) electrons. The predicted octanol–water partition coefficient (Wildman–Crippen LogP) is 3.75. The lowest BCUT2D eigenvalue weighted by Crippen LogP contribution is -2.40. The number of fused-ring (bicyclic) bond motifs is 1. The van der Waals surface area contributed by atoms with E-state index in [9.17, 15) is 9.90 Å². The summed E-state index contributed by atoms with van der Waals surface area (Å²) in [6, 6.07) is 17.5. The van der Waals surface area contributed by atoms with Crippen LogP contribution in [0.4, 0.5) is 0 Å². The van der Waals surface area contributed by atoms with Gasteiger partial charge in [-0.25, -0.2) is 4.79 Å². The standard InChI is InChI=1S/C22H25N3O3S.HI/c1-23-22(24-12-11-15-7-9-16(10-8-15)21(27)28-2)25-14-18(26)20-13-17-5-3-4-6-19(17)29-20;/h3-10,13,18,26H,11-12,14H2,1-2H3,(H2,23,24,25);1H. The van der Waals surface area contributed by atoms with Crippen molar-refractivity contribution in [3.8, 4) is 0 Å². The van der Waals surface area contributed by atoms with E-state index in [2.05, 4.69) is 21.7 Å². The summed E-state index contributed by atoms with van der Waals surface area (Å²) in [5.41, 5.74) is 1.64. The van der Waals surface area contributed by atoms with Crippen molar-refractivity contribution in [2.75, 3.05) is 27.2 Å². The Balaban J connectivity index is 0.00000320. The van der Waals surface area contributed by atoms with Crippen molar-refractivity contribution in [2.45, 2.75) is 12.5 Å². The Labute approximate surface area is 197 Å². The van der Waals surface area contributed by atoms with Crippen LogP contribution in [-0.4, -0.2) is 44.3 Å². The van der Waals surface area contributed by atoms with Crippen LogP contribution in [0.25, 0.3) is 10.1 Å². The number of carbonyl (C=O) groups excluding carboxylic acids is 1. The third-order valence-electron chi connectivity index (χ3n) is 4.54. The third-order valence-corrected chi connectivity index (χ3v) is 5.76. The molecular weight excluding hydrogens is 513 g/mol. The van der Waals surface area contributed by atoms with Crippen LogP contribution in [0.3, 0.4) is 0 Å². The number of aliphatic hydroxyl groups excluding tert-OH is 1. The molecule has 0 bridgehead atoms. The zero-order chi connectivity index (χ0) is 20.6. The maximum absolute atomic E-state index is 11.5. The summed E-state index contributed by atoms with van der Waals surface area (Å²) in [6.07, 6.45) is 0.179. The molecule has 0 fully saturated rings. The fourth-order valence-electron chi connectivity index (χ4n) is 2.93. The van der Waals surface area contributed by atoms with E-state index in [4.69, 9.17) is 4.74 Å². The predicted molar refractivity (Wildman–Crippen MR) is 133 cm³/mol. The molecule has 1 aromatic heterocycles. The molecule has 6 nitrogen and oxygen atoms in total. The van der Waals surface area contributed by atoms with Crippen LogP contribution in [0, 0.1) is 0 Å². The maximum atomic E-state index is 11.5. The minimum atomic E-state index is -0.600. The number of esters is 1. The van der Waals surface area contributed by atoms with Gasteiger partial charge in [0.1, 0.15) is 6.10 Å². The number of hydrogen-bond acceptors (Lipinski definition) is 5. The molecule has 3 N–H and O–H groups in total. The van der Waals surface area contributed by atoms with Gasteiger partial charge in [-0.1, -0.05) is 30.3 Å². The van der Waals surface area contributed by atoms with Crippen molar-refractivity contribution in [1.29, 1.82) is 0 Å². The quantitative estimate of drug-likeness (QED) is 0.185. The van der Waals surface area contributed by atoms with Gasteiger partial charge in [0.05, 0.1) is 12.7 Å². The van der Waals surface area contributed by atoms with Crippen molar-refractivity contribution in [2.24, 2.45) is 4.99 Å². The highest BCUT2D eigenvalue weighted by molar-refractivity contribution is 14.0. The van der Waals surface area contributed by atoms with Gasteiger partial charge < -0.3 is 20.5 Å². The van der Waals surface area contributed by atoms with E-state index in [1.165, 1.54) is 11.8 Å². The highest BCUT2D eigenvalue weighted by atomic mass is 127. The summed E-state index contributed by atoms with van der Waals surface area (Å²) in [5, 5.41) is 18.0. The largest absolute Gasteiger partial charge is 0.465 e. The average Bonchev–Trinajstić information content (AvgIpc) is 3.20. The number of methoxy groups -OCH3 is 1. The smallest absolute Gasteiger partial charge is 0.337 e. The van der Waals surface area contributed by atoms with Crippen LogP contribution < -0.4 is 10.6 Å². The fraction of sp³-hybridized carbons (Fsp3) is 0.273.